The second kappa shape index (κ2) is 9.39. The fourth-order valence-electron chi connectivity index (χ4n) is 3.24. The van der Waals surface area contributed by atoms with E-state index in [9.17, 15) is 4.79 Å². The minimum Gasteiger partial charge on any atom is -0.493 e. The standard InChI is InChI=1S/C20H28N4O3/c1-3-19-22-18(23-27-19)10-11-21-20(25)24-12-6-8-16(13-24)14-26-17-9-5-4-7-15(17)2/h4-5,7,9,16H,3,6,8,10-14H2,1-2H3,(H,21,25). The molecule has 2 amide bonds. The van der Waals surface area contributed by atoms with Gasteiger partial charge in [-0.15, -0.1) is 0 Å². The maximum absolute atomic E-state index is 12.4. The van der Waals surface area contributed by atoms with E-state index in [2.05, 4.69) is 15.5 Å². The molecule has 1 aromatic heterocycles. The number of likely N-dealkylation sites (tertiary alicyclic amines) is 1. The molecule has 1 saturated heterocycles. The van der Waals surface area contributed by atoms with E-state index in [-0.39, 0.29) is 6.03 Å². The Balaban J connectivity index is 1.41. The van der Waals surface area contributed by atoms with Gasteiger partial charge < -0.3 is 19.5 Å². The van der Waals surface area contributed by atoms with Gasteiger partial charge in [0.05, 0.1) is 6.61 Å². The zero-order valence-electron chi connectivity index (χ0n) is 16.1. The Morgan fingerprint density at radius 2 is 2.26 bits per heavy atom. The van der Waals surface area contributed by atoms with Gasteiger partial charge in [0.2, 0.25) is 5.89 Å². The Bertz CT molecular complexity index is 746. The molecule has 1 atom stereocenters. The first-order valence-corrected chi connectivity index (χ1v) is 9.68. The zero-order valence-corrected chi connectivity index (χ0v) is 16.1. The first-order valence-electron chi connectivity index (χ1n) is 9.68. The van der Waals surface area contributed by atoms with Crippen LogP contribution in [0.2, 0.25) is 0 Å². The van der Waals surface area contributed by atoms with E-state index < -0.39 is 0 Å². The normalized spacial score (nSPS) is 17.0. The van der Waals surface area contributed by atoms with E-state index in [1.807, 2.05) is 43.0 Å². The summed E-state index contributed by atoms with van der Waals surface area (Å²) >= 11 is 0. The molecule has 1 fully saturated rings. The smallest absolute Gasteiger partial charge is 0.317 e. The van der Waals surface area contributed by atoms with Gasteiger partial charge in [0, 0.05) is 38.4 Å². The molecule has 7 nitrogen and oxygen atoms in total. The van der Waals surface area contributed by atoms with Crippen LogP contribution >= 0.6 is 0 Å². The molecule has 1 aromatic carbocycles. The van der Waals surface area contributed by atoms with Gasteiger partial charge in [-0.3, -0.25) is 0 Å². The van der Waals surface area contributed by atoms with Gasteiger partial charge in [0.15, 0.2) is 5.82 Å². The quantitative estimate of drug-likeness (QED) is 0.808. The van der Waals surface area contributed by atoms with Crippen LogP contribution in [0.3, 0.4) is 0 Å². The van der Waals surface area contributed by atoms with Crippen molar-refractivity contribution in [3.05, 3.63) is 41.5 Å². The van der Waals surface area contributed by atoms with Gasteiger partial charge in [0.1, 0.15) is 5.75 Å². The fraction of sp³-hybridized carbons (Fsp3) is 0.550. The van der Waals surface area contributed by atoms with Crippen molar-refractivity contribution in [1.82, 2.24) is 20.4 Å². The number of aromatic nitrogens is 2. The Labute approximate surface area is 160 Å². The number of benzene rings is 1. The molecule has 0 radical (unpaired) electrons. The predicted octanol–water partition coefficient (Wildman–Crippen LogP) is 2.98. The number of urea groups is 1. The van der Waals surface area contributed by atoms with E-state index in [1.54, 1.807) is 0 Å². The number of hydrogen-bond donors (Lipinski definition) is 1. The van der Waals surface area contributed by atoms with Crippen molar-refractivity contribution >= 4 is 6.03 Å². The van der Waals surface area contributed by atoms with Crippen molar-refractivity contribution in [2.75, 3.05) is 26.2 Å². The van der Waals surface area contributed by atoms with E-state index in [4.69, 9.17) is 9.26 Å². The van der Waals surface area contributed by atoms with Crippen LogP contribution < -0.4 is 10.1 Å². The molecule has 1 unspecified atom stereocenters. The summed E-state index contributed by atoms with van der Waals surface area (Å²) in [7, 11) is 0. The number of piperidine rings is 1. The summed E-state index contributed by atoms with van der Waals surface area (Å²) in [6.45, 7) is 6.66. The summed E-state index contributed by atoms with van der Waals surface area (Å²) in [6.07, 6.45) is 3.38. The molecule has 27 heavy (non-hydrogen) atoms. The van der Waals surface area contributed by atoms with Crippen LogP contribution in [0.4, 0.5) is 4.79 Å². The molecular weight excluding hydrogens is 344 g/mol. The van der Waals surface area contributed by atoms with Gasteiger partial charge >= 0.3 is 6.03 Å². The molecule has 2 aromatic rings. The van der Waals surface area contributed by atoms with Crippen LogP contribution in [-0.4, -0.2) is 47.3 Å². The Morgan fingerprint density at radius 3 is 3.04 bits per heavy atom. The number of para-hydroxylation sites is 1. The van der Waals surface area contributed by atoms with Gasteiger partial charge in [-0.25, -0.2) is 4.79 Å². The molecule has 0 aliphatic carbocycles. The van der Waals surface area contributed by atoms with Gasteiger partial charge in [-0.2, -0.15) is 4.98 Å². The highest BCUT2D eigenvalue weighted by molar-refractivity contribution is 5.74. The molecule has 1 aliphatic rings. The van der Waals surface area contributed by atoms with Gasteiger partial charge in [-0.1, -0.05) is 30.3 Å². The molecule has 146 valence electrons. The number of carbonyl (C=O) groups excluding carboxylic acids is 1. The summed E-state index contributed by atoms with van der Waals surface area (Å²) in [5, 5.41) is 6.86. The van der Waals surface area contributed by atoms with Crippen LogP contribution in [0.25, 0.3) is 0 Å². The van der Waals surface area contributed by atoms with E-state index in [0.29, 0.717) is 37.2 Å². The van der Waals surface area contributed by atoms with Crippen molar-refractivity contribution in [3.8, 4) is 5.75 Å². The predicted molar refractivity (Wildman–Crippen MR) is 102 cm³/mol. The van der Waals surface area contributed by atoms with Crippen molar-refractivity contribution in [1.29, 1.82) is 0 Å². The summed E-state index contributed by atoms with van der Waals surface area (Å²) in [5.74, 6) is 2.54. The van der Waals surface area contributed by atoms with Gasteiger partial charge in [0.25, 0.3) is 0 Å². The highest BCUT2D eigenvalue weighted by Crippen LogP contribution is 2.21. The minimum atomic E-state index is -0.0326. The lowest BCUT2D eigenvalue weighted by atomic mass is 9.99. The monoisotopic (exact) mass is 372 g/mol. The Kier molecular flexibility index (Phi) is 6.68. The number of hydrogen-bond acceptors (Lipinski definition) is 5. The number of aryl methyl sites for hydroxylation is 2. The van der Waals surface area contributed by atoms with Crippen molar-refractivity contribution in [3.63, 3.8) is 0 Å². The SMILES string of the molecule is CCc1nc(CCNC(=O)N2CCCC(COc3ccccc3C)C2)no1. The molecule has 0 spiro atoms. The lowest BCUT2D eigenvalue weighted by molar-refractivity contribution is 0.137. The molecule has 1 N–H and O–H groups in total. The third-order valence-electron chi connectivity index (χ3n) is 4.81. The summed E-state index contributed by atoms with van der Waals surface area (Å²) in [5.41, 5.74) is 1.13. The highest BCUT2D eigenvalue weighted by atomic mass is 16.5. The van der Waals surface area contributed by atoms with Crippen LogP contribution in [0.1, 0.15) is 37.0 Å². The molecule has 0 saturated carbocycles. The highest BCUT2D eigenvalue weighted by Gasteiger charge is 2.24. The van der Waals surface area contributed by atoms with Crippen molar-refractivity contribution < 1.29 is 14.1 Å². The van der Waals surface area contributed by atoms with E-state index in [0.717, 1.165) is 43.7 Å². The van der Waals surface area contributed by atoms with Crippen LogP contribution in [0.5, 0.6) is 5.75 Å². The number of nitrogens with one attached hydrogen (secondary N) is 1. The molecule has 0 bridgehead atoms. The van der Waals surface area contributed by atoms with Crippen LogP contribution in [-0.2, 0) is 12.8 Å². The fourth-order valence-corrected chi connectivity index (χ4v) is 3.24. The third kappa shape index (κ3) is 5.45. The lowest BCUT2D eigenvalue weighted by Gasteiger charge is -2.32. The number of ether oxygens (including phenoxy) is 1. The van der Waals surface area contributed by atoms with E-state index >= 15 is 0 Å². The van der Waals surface area contributed by atoms with Crippen molar-refractivity contribution in [2.24, 2.45) is 5.92 Å². The average Bonchev–Trinajstić information content (AvgIpc) is 3.15. The maximum atomic E-state index is 12.4. The maximum Gasteiger partial charge on any atom is 0.317 e. The average molecular weight is 372 g/mol. The molecule has 2 heterocycles. The summed E-state index contributed by atoms with van der Waals surface area (Å²) in [4.78, 5) is 18.6. The number of carbonyl (C=O) groups is 1. The molecule has 7 heteroatoms. The largest absolute Gasteiger partial charge is 0.493 e. The lowest BCUT2D eigenvalue weighted by Crippen LogP contribution is -2.47. The second-order valence-corrected chi connectivity index (χ2v) is 6.97. The minimum absolute atomic E-state index is 0.0326. The molecular formula is C20H28N4O3. The second-order valence-electron chi connectivity index (χ2n) is 6.97. The molecule has 3 rings (SSSR count). The first kappa shape index (κ1) is 19.2. The topological polar surface area (TPSA) is 80.5 Å². The van der Waals surface area contributed by atoms with Crippen LogP contribution in [0.15, 0.2) is 28.8 Å². The Hall–Kier alpha value is -2.57. The molecule has 1 aliphatic heterocycles. The number of nitrogens with zero attached hydrogens (tertiary/aromatic N) is 3. The zero-order chi connectivity index (χ0) is 19.1. The van der Waals surface area contributed by atoms with Crippen LogP contribution in [0, 0.1) is 12.8 Å². The van der Waals surface area contributed by atoms with E-state index in [1.165, 1.54) is 0 Å². The third-order valence-corrected chi connectivity index (χ3v) is 4.81. The Morgan fingerprint density at radius 1 is 1.41 bits per heavy atom. The summed E-state index contributed by atoms with van der Waals surface area (Å²) < 4.78 is 11.0. The number of amides is 2. The summed E-state index contributed by atoms with van der Waals surface area (Å²) in [6, 6.07) is 7.99. The first-order chi connectivity index (χ1) is 13.2. The van der Waals surface area contributed by atoms with Crippen molar-refractivity contribution in [2.45, 2.75) is 39.5 Å². The van der Waals surface area contributed by atoms with Gasteiger partial charge in [-0.05, 0) is 31.4 Å². The number of rotatable bonds is 7.